The van der Waals surface area contributed by atoms with Crippen LogP contribution >= 0.6 is 7.82 Å². The molecule has 17 heteroatoms. The quantitative estimate of drug-likeness (QED) is 0.118. The lowest BCUT2D eigenvalue weighted by molar-refractivity contribution is -0.246. The first-order chi connectivity index (χ1) is 16.9. The van der Waals surface area contributed by atoms with Gasteiger partial charge in [-0.25, -0.2) is 14.3 Å². The number of fused-ring (bicyclic) bond motifs is 1. The fourth-order valence-corrected chi connectivity index (χ4v) is 4.30. The number of rotatable bonds is 6. The van der Waals surface area contributed by atoms with Gasteiger partial charge in [0.2, 0.25) is 5.95 Å². The molecule has 1 fully saturated rings. The Morgan fingerprint density at radius 1 is 1.22 bits per heavy atom. The number of para-hydroxylation sites is 1. The molecule has 16 nitrogen and oxygen atoms in total. The summed E-state index contributed by atoms with van der Waals surface area (Å²) in [5.41, 5.74) is 10.9. The summed E-state index contributed by atoms with van der Waals surface area (Å²) >= 11 is 0. The Bertz CT molecular complexity index is 1400. The number of anilines is 2. The van der Waals surface area contributed by atoms with Gasteiger partial charge in [-0.3, -0.25) is 18.5 Å². The topological polar surface area (TPSA) is 247 Å². The number of hydrogen-bond acceptors (Lipinski definition) is 12. The minimum absolute atomic E-state index is 0.0403. The number of carbonyl (C=O) groups is 1. The number of nitrogens with two attached hydrogens (primary N) is 2. The number of carbonyl (C=O) groups excluding carboxylic acids is 1. The van der Waals surface area contributed by atoms with Gasteiger partial charge in [0.25, 0.3) is 5.56 Å². The Kier molecular flexibility index (Phi) is 6.85. The van der Waals surface area contributed by atoms with Crippen LogP contribution < -0.4 is 17.0 Å². The van der Waals surface area contributed by atoms with E-state index in [1.165, 1.54) is 19.2 Å². The Labute approximate surface area is 201 Å². The second-order valence-electron chi connectivity index (χ2n) is 7.95. The summed E-state index contributed by atoms with van der Waals surface area (Å²) in [5, 5.41) is 21.5. The molecule has 1 aliphatic rings. The maximum atomic E-state index is 12.5. The number of ether oxygens (including phenoxy) is 2. The summed E-state index contributed by atoms with van der Waals surface area (Å²) in [6.45, 7) is -0.622. The number of nitrogens with zero attached hydrogens (tertiary/aromatic N) is 4. The highest BCUT2D eigenvalue weighted by molar-refractivity contribution is 7.46. The molecule has 0 amide bonds. The average Bonchev–Trinajstić information content (AvgIpc) is 3.23. The molecule has 0 radical (unpaired) electrons. The van der Waals surface area contributed by atoms with Gasteiger partial charge >= 0.3 is 13.8 Å². The van der Waals surface area contributed by atoms with Crippen molar-refractivity contribution in [2.45, 2.75) is 30.6 Å². The molecule has 4 rings (SSSR count). The Hall–Kier alpha value is -3.37. The summed E-state index contributed by atoms with van der Waals surface area (Å²) in [6.07, 6.45) is -7.56. The summed E-state index contributed by atoms with van der Waals surface area (Å²) in [6, 6.07) is 6.06. The maximum Gasteiger partial charge on any atom is 0.470 e. The zero-order valence-electron chi connectivity index (χ0n) is 18.6. The van der Waals surface area contributed by atoms with Crippen molar-refractivity contribution in [1.82, 2.24) is 19.1 Å². The third kappa shape index (κ3) is 4.83. The van der Waals surface area contributed by atoms with Crippen LogP contribution in [0, 0.1) is 0 Å². The van der Waals surface area contributed by atoms with E-state index in [1.54, 1.807) is 12.1 Å². The van der Waals surface area contributed by atoms with Crippen molar-refractivity contribution in [2.24, 2.45) is 7.05 Å². The zero-order valence-corrected chi connectivity index (χ0v) is 19.5. The molecular weight excluding hydrogens is 503 g/mol. The lowest BCUT2D eigenvalue weighted by Gasteiger charge is -2.42. The largest absolute Gasteiger partial charge is 0.470 e. The molecule has 0 unspecified atom stereocenters. The van der Waals surface area contributed by atoms with Crippen LogP contribution in [0.3, 0.4) is 0 Å². The average molecular weight is 526 g/mol. The Balaban J connectivity index is 1.68. The van der Waals surface area contributed by atoms with Gasteiger partial charge in [0.15, 0.2) is 17.4 Å². The minimum Gasteiger partial charge on any atom is -0.459 e. The molecule has 5 atom stereocenters. The van der Waals surface area contributed by atoms with E-state index in [4.69, 9.17) is 20.9 Å². The molecule has 0 saturated carbocycles. The van der Waals surface area contributed by atoms with E-state index in [0.717, 1.165) is 15.5 Å². The van der Waals surface area contributed by atoms with Crippen LogP contribution in [-0.2, 0) is 25.6 Å². The molecule has 8 N–H and O–H groups in total. The van der Waals surface area contributed by atoms with Crippen LogP contribution in [-0.4, -0.2) is 76.1 Å². The second-order valence-corrected chi connectivity index (χ2v) is 9.14. The molecule has 0 spiro atoms. The van der Waals surface area contributed by atoms with Crippen molar-refractivity contribution in [3.8, 4) is 0 Å². The summed E-state index contributed by atoms with van der Waals surface area (Å²) in [5.74, 6) is -1.04. The predicted molar refractivity (Wildman–Crippen MR) is 121 cm³/mol. The number of aromatic nitrogens is 4. The van der Waals surface area contributed by atoms with Crippen molar-refractivity contribution in [3.63, 3.8) is 0 Å². The van der Waals surface area contributed by atoms with E-state index in [1.807, 2.05) is 0 Å². The van der Waals surface area contributed by atoms with Crippen LogP contribution in [0.1, 0.15) is 16.6 Å². The monoisotopic (exact) mass is 526 g/mol. The summed E-state index contributed by atoms with van der Waals surface area (Å²) in [4.78, 5) is 51.6. The number of aliphatic hydroxyl groups excluding tert-OH is 2. The summed E-state index contributed by atoms with van der Waals surface area (Å²) in [7, 11) is -3.84. The van der Waals surface area contributed by atoms with Crippen LogP contribution in [0.5, 0.6) is 0 Å². The van der Waals surface area contributed by atoms with Crippen LogP contribution in [0.4, 0.5) is 11.6 Å². The number of phosphoric ester groups is 1. The first kappa shape index (κ1) is 25.7. The van der Waals surface area contributed by atoms with E-state index in [2.05, 4.69) is 14.5 Å². The van der Waals surface area contributed by atoms with Gasteiger partial charge in [-0.15, -0.1) is 0 Å². The maximum absolute atomic E-state index is 12.5. The molecule has 36 heavy (non-hydrogen) atoms. The van der Waals surface area contributed by atoms with E-state index in [-0.39, 0.29) is 28.4 Å². The van der Waals surface area contributed by atoms with Crippen molar-refractivity contribution in [1.29, 1.82) is 0 Å². The number of hydrogen-bond donors (Lipinski definition) is 6. The number of benzene rings is 1. The lowest BCUT2D eigenvalue weighted by atomic mass is 9.98. The molecular formula is C19H23N6O10P. The lowest BCUT2D eigenvalue weighted by Crippen LogP contribution is -2.57. The number of esters is 1. The highest BCUT2D eigenvalue weighted by Gasteiger charge is 2.49. The number of aliphatic hydroxyl groups is 2. The molecule has 3 aromatic rings. The molecule has 1 aromatic carbocycles. The fraction of sp³-hybridized carbons (Fsp3) is 0.368. The smallest absolute Gasteiger partial charge is 0.459 e. The van der Waals surface area contributed by atoms with E-state index < -0.39 is 56.6 Å². The minimum atomic E-state index is -5.22. The first-order valence-electron chi connectivity index (χ1n) is 10.3. The van der Waals surface area contributed by atoms with Gasteiger partial charge in [0.05, 0.1) is 11.9 Å². The van der Waals surface area contributed by atoms with Gasteiger partial charge in [-0.2, -0.15) is 4.98 Å². The van der Waals surface area contributed by atoms with Crippen LogP contribution in [0.2, 0.25) is 0 Å². The first-order valence-corrected chi connectivity index (χ1v) is 11.9. The van der Waals surface area contributed by atoms with Crippen molar-refractivity contribution >= 4 is 36.6 Å². The molecule has 2 aromatic heterocycles. The second kappa shape index (κ2) is 9.59. The van der Waals surface area contributed by atoms with Gasteiger partial charge in [0, 0.05) is 12.7 Å². The fourth-order valence-electron chi connectivity index (χ4n) is 3.73. The SMILES string of the molecule is Cn1c(N)nc2c(ncn2[C@@H]2O[C@H](COC(=O)c3ccccc3N)[C@@H](O)[C@H](OP(=O)(O)O)[C@H]2O)c1=O. The summed E-state index contributed by atoms with van der Waals surface area (Å²) < 4.78 is 29.2. The van der Waals surface area contributed by atoms with Crippen molar-refractivity contribution in [2.75, 3.05) is 18.1 Å². The van der Waals surface area contributed by atoms with E-state index in [9.17, 15) is 34.2 Å². The number of nitrogen functional groups attached to an aromatic ring is 2. The molecule has 3 heterocycles. The molecule has 1 aliphatic heterocycles. The van der Waals surface area contributed by atoms with E-state index in [0.29, 0.717) is 0 Å². The van der Waals surface area contributed by atoms with Gasteiger partial charge in [-0.05, 0) is 12.1 Å². The third-order valence-corrected chi connectivity index (χ3v) is 6.11. The van der Waals surface area contributed by atoms with Crippen LogP contribution in [0.15, 0.2) is 35.4 Å². The van der Waals surface area contributed by atoms with Crippen molar-refractivity contribution < 1.29 is 43.4 Å². The highest BCUT2D eigenvalue weighted by Crippen LogP contribution is 2.43. The molecule has 194 valence electrons. The predicted octanol–water partition coefficient (Wildman–Crippen LogP) is -1.75. The third-order valence-electron chi connectivity index (χ3n) is 5.59. The van der Waals surface area contributed by atoms with Crippen molar-refractivity contribution in [3.05, 3.63) is 46.5 Å². The Morgan fingerprint density at radius 2 is 1.92 bits per heavy atom. The van der Waals surface area contributed by atoms with E-state index >= 15 is 0 Å². The highest BCUT2D eigenvalue weighted by atomic mass is 31.2. The van der Waals surface area contributed by atoms with Gasteiger partial charge < -0.3 is 40.9 Å². The van der Waals surface area contributed by atoms with Crippen LogP contribution in [0.25, 0.3) is 11.2 Å². The molecule has 0 bridgehead atoms. The molecule has 1 saturated heterocycles. The number of phosphoric acid groups is 1. The Morgan fingerprint density at radius 3 is 2.58 bits per heavy atom. The zero-order chi connectivity index (χ0) is 26.4. The van der Waals surface area contributed by atoms with Gasteiger partial charge in [0.1, 0.15) is 31.0 Å². The normalized spacial score (nSPS) is 24.6. The standard InChI is InChI=1S/C19H23N6O10P/c1-24-16(28)11-15(23-19(24)21)25(7-22-11)17-13(27)14(35-36(30,31)32)12(26)10(34-17)6-33-18(29)8-4-2-3-5-9(8)20/h2-5,7,10,12-14,17,26-27H,6,20H2,1H3,(H2,21,23)(H2,30,31,32)/t10-,12-,13-,14+,17-/m1/s1. The van der Waals surface area contributed by atoms with Gasteiger partial charge in [-0.1, -0.05) is 12.1 Å². The molecule has 0 aliphatic carbocycles. The number of imidazole rings is 1.